The number of benzene rings is 2. The molecule has 0 spiro atoms. The van der Waals surface area contributed by atoms with Crippen molar-refractivity contribution in [2.24, 2.45) is 17.3 Å². The first-order chi connectivity index (χ1) is 19.2. The Kier molecular flexibility index (Phi) is 7.82. The van der Waals surface area contributed by atoms with E-state index >= 15 is 0 Å². The van der Waals surface area contributed by atoms with Crippen LogP contribution in [0.15, 0.2) is 59.8 Å². The van der Waals surface area contributed by atoms with Crippen LogP contribution in [0.25, 0.3) is 0 Å². The minimum atomic E-state index is -4.66. The number of carbonyl (C=O) groups is 3. The van der Waals surface area contributed by atoms with Crippen molar-refractivity contribution in [2.45, 2.75) is 45.2 Å². The van der Waals surface area contributed by atoms with E-state index in [1.54, 1.807) is 26.2 Å². The number of allylic oxidation sites excluding steroid dienone is 2. The average Bonchev–Trinajstić information content (AvgIpc) is 3.61. The van der Waals surface area contributed by atoms with Gasteiger partial charge in [-0.05, 0) is 61.6 Å². The molecule has 0 radical (unpaired) electrons. The molecule has 0 N–H and O–H groups in total. The zero-order valence-corrected chi connectivity index (χ0v) is 23.1. The van der Waals surface area contributed by atoms with Gasteiger partial charge in [0.05, 0.1) is 28.8 Å². The third kappa shape index (κ3) is 5.47. The Balaban J connectivity index is 1.75. The van der Waals surface area contributed by atoms with E-state index in [0.717, 1.165) is 17.0 Å². The van der Waals surface area contributed by atoms with Crippen LogP contribution in [0.2, 0.25) is 0 Å². The Morgan fingerprint density at radius 1 is 1.10 bits per heavy atom. The van der Waals surface area contributed by atoms with Crippen molar-refractivity contribution in [3.63, 3.8) is 0 Å². The molecule has 4 rings (SSSR count). The average molecular weight is 563 g/mol. The summed E-state index contributed by atoms with van der Waals surface area (Å²) in [6.45, 7) is 3.31. The molecule has 41 heavy (non-hydrogen) atoms. The maximum absolute atomic E-state index is 14.1. The van der Waals surface area contributed by atoms with Gasteiger partial charge in [-0.25, -0.2) is 0 Å². The largest absolute Gasteiger partial charge is 0.416 e. The Labute approximate surface area is 236 Å². The van der Waals surface area contributed by atoms with Crippen molar-refractivity contribution in [3.8, 4) is 12.1 Å². The number of nitrogens with zero attached hydrogens (tertiary/aromatic N) is 4. The van der Waals surface area contributed by atoms with E-state index in [4.69, 9.17) is 0 Å². The topological polar surface area (TPSA) is 105 Å². The standard InChI is InChI=1S/C31H29F3N4O3/c1-18-24(17-36)26(20-10-8-19(16-35)9-11-20)27(25(39)13-12-22-15-30(22,2)29(41)37(3)4)28(40)38(18)23-7-5-6-21(14-23)31(32,33)34/h5-11,14,22,26-27H,12-13,15H2,1-4H3/t22?,26?,27?,30-/m1/s1. The van der Waals surface area contributed by atoms with E-state index in [0.29, 0.717) is 24.0 Å². The first-order valence-corrected chi connectivity index (χ1v) is 13.1. The number of hydrogen-bond acceptors (Lipinski definition) is 5. The summed E-state index contributed by atoms with van der Waals surface area (Å²) in [5.41, 5.74) is -0.643. The highest BCUT2D eigenvalue weighted by atomic mass is 19.4. The van der Waals surface area contributed by atoms with E-state index in [1.807, 2.05) is 13.0 Å². The van der Waals surface area contributed by atoms with E-state index < -0.39 is 40.7 Å². The summed E-state index contributed by atoms with van der Waals surface area (Å²) in [4.78, 5) is 43.0. The molecular weight excluding hydrogens is 533 g/mol. The van der Waals surface area contributed by atoms with Crippen LogP contribution >= 0.6 is 0 Å². The van der Waals surface area contributed by atoms with E-state index in [-0.39, 0.29) is 35.2 Å². The second-order valence-electron chi connectivity index (χ2n) is 11.0. The van der Waals surface area contributed by atoms with Crippen molar-refractivity contribution in [3.05, 3.63) is 76.5 Å². The van der Waals surface area contributed by atoms with E-state index in [1.165, 1.54) is 36.1 Å². The molecule has 1 fully saturated rings. The summed E-state index contributed by atoms with van der Waals surface area (Å²) >= 11 is 0. The minimum Gasteiger partial charge on any atom is -0.348 e. The molecule has 2 aromatic rings. The Morgan fingerprint density at radius 3 is 2.32 bits per heavy atom. The number of hydrogen-bond donors (Lipinski definition) is 0. The summed E-state index contributed by atoms with van der Waals surface area (Å²) in [7, 11) is 3.33. The normalized spacial score (nSPS) is 24.0. The molecule has 1 aliphatic carbocycles. The fourth-order valence-electron chi connectivity index (χ4n) is 5.82. The number of halogens is 3. The molecule has 10 heteroatoms. The van der Waals surface area contributed by atoms with Gasteiger partial charge in [-0.3, -0.25) is 19.3 Å². The monoisotopic (exact) mass is 562 g/mol. The first kappa shape index (κ1) is 29.5. The second kappa shape index (κ2) is 10.9. The quantitative estimate of drug-likeness (QED) is 0.410. The van der Waals surface area contributed by atoms with Crippen LogP contribution in [0.4, 0.5) is 18.9 Å². The molecule has 4 atom stereocenters. The Morgan fingerprint density at radius 2 is 1.76 bits per heavy atom. The lowest BCUT2D eigenvalue weighted by molar-refractivity contribution is -0.138. The van der Waals surface area contributed by atoms with Crippen LogP contribution in [0.5, 0.6) is 0 Å². The second-order valence-corrected chi connectivity index (χ2v) is 11.0. The van der Waals surface area contributed by atoms with Gasteiger partial charge in [0.2, 0.25) is 11.8 Å². The van der Waals surface area contributed by atoms with Crippen LogP contribution in [-0.4, -0.2) is 36.6 Å². The maximum atomic E-state index is 14.1. The number of amides is 2. The van der Waals surface area contributed by atoms with E-state index in [9.17, 15) is 38.1 Å². The molecule has 2 amide bonds. The number of anilines is 1. The summed E-state index contributed by atoms with van der Waals surface area (Å²) in [5, 5.41) is 19.4. The highest BCUT2D eigenvalue weighted by Gasteiger charge is 2.56. The van der Waals surface area contributed by atoms with Gasteiger partial charge in [0.15, 0.2) is 0 Å². The highest BCUT2D eigenvalue weighted by Crippen LogP contribution is 2.56. The summed E-state index contributed by atoms with van der Waals surface area (Å²) in [6.07, 6.45) is -3.75. The smallest absolute Gasteiger partial charge is 0.348 e. The molecule has 2 aliphatic rings. The molecule has 0 bridgehead atoms. The fourth-order valence-corrected chi connectivity index (χ4v) is 5.82. The number of carbonyl (C=O) groups excluding carboxylic acids is 3. The zero-order valence-electron chi connectivity index (χ0n) is 23.1. The summed E-state index contributed by atoms with van der Waals surface area (Å²) in [6, 6.07) is 14.5. The lowest BCUT2D eigenvalue weighted by atomic mass is 9.73. The maximum Gasteiger partial charge on any atom is 0.416 e. The molecule has 0 aromatic heterocycles. The molecule has 1 aliphatic heterocycles. The first-order valence-electron chi connectivity index (χ1n) is 13.1. The van der Waals surface area contributed by atoms with Crippen molar-refractivity contribution in [2.75, 3.05) is 19.0 Å². The van der Waals surface area contributed by atoms with Gasteiger partial charge in [-0.2, -0.15) is 23.7 Å². The summed E-state index contributed by atoms with van der Waals surface area (Å²) in [5.74, 6) is -3.66. The number of ketones is 1. The predicted octanol–water partition coefficient (Wildman–Crippen LogP) is 5.58. The number of rotatable bonds is 7. The molecule has 1 heterocycles. The Hall–Kier alpha value is -4.44. The lowest BCUT2D eigenvalue weighted by Gasteiger charge is -2.38. The molecule has 0 saturated heterocycles. The van der Waals surface area contributed by atoms with Crippen molar-refractivity contribution < 1.29 is 27.6 Å². The van der Waals surface area contributed by atoms with Gasteiger partial charge in [-0.1, -0.05) is 25.1 Å². The van der Waals surface area contributed by atoms with E-state index in [2.05, 4.69) is 6.07 Å². The van der Waals surface area contributed by atoms with Crippen molar-refractivity contribution >= 4 is 23.3 Å². The number of nitriles is 2. The van der Waals surface area contributed by atoms with Gasteiger partial charge in [0.25, 0.3) is 0 Å². The summed E-state index contributed by atoms with van der Waals surface area (Å²) < 4.78 is 40.5. The lowest BCUT2D eigenvalue weighted by Crippen LogP contribution is -2.46. The van der Waals surface area contributed by atoms with Crippen LogP contribution in [0.1, 0.15) is 55.7 Å². The van der Waals surface area contributed by atoms with Gasteiger partial charge >= 0.3 is 6.18 Å². The molecule has 7 nitrogen and oxygen atoms in total. The van der Waals surface area contributed by atoms with Crippen molar-refractivity contribution in [1.82, 2.24) is 4.90 Å². The molecule has 1 saturated carbocycles. The minimum absolute atomic E-state index is 0.0415. The fraction of sp³-hybridized carbons (Fsp3) is 0.387. The predicted molar refractivity (Wildman–Crippen MR) is 144 cm³/mol. The molecule has 212 valence electrons. The van der Waals surface area contributed by atoms with Gasteiger partial charge in [0, 0.05) is 43.2 Å². The van der Waals surface area contributed by atoms with Crippen LogP contribution < -0.4 is 4.90 Å². The van der Waals surface area contributed by atoms with Gasteiger partial charge in [-0.15, -0.1) is 0 Å². The van der Waals surface area contributed by atoms with Crippen molar-refractivity contribution in [1.29, 1.82) is 10.5 Å². The molecule has 3 unspecified atom stereocenters. The zero-order chi connectivity index (χ0) is 30.3. The van der Waals surface area contributed by atoms with Gasteiger partial charge in [0.1, 0.15) is 11.7 Å². The van der Waals surface area contributed by atoms with Gasteiger partial charge < -0.3 is 4.90 Å². The third-order valence-electron chi connectivity index (χ3n) is 8.20. The number of alkyl halides is 3. The molecule has 2 aromatic carbocycles. The van der Waals surface area contributed by atoms with Crippen LogP contribution in [0, 0.1) is 39.9 Å². The third-order valence-corrected chi connectivity index (χ3v) is 8.20. The highest BCUT2D eigenvalue weighted by molar-refractivity contribution is 6.12. The van der Waals surface area contributed by atoms with Crippen LogP contribution in [0.3, 0.4) is 0 Å². The molecular formula is C31H29F3N4O3. The van der Waals surface area contributed by atoms with Crippen LogP contribution in [-0.2, 0) is 20.6 Å². The number of Topliss-reactive ketones (excluding diaryl/α,β-unsaturated/α-hetero) is 1. The SMILES string of the molecule is CC1=C(C#N)C(c2ccc(C#N)cc2)C(C(=O)CCC2C[C@@]2(C)C(=O)N(C)C)C(=O)N1c1cccc(C(F)(F)F)c1. The Bertz CT molecular complexity index is 1510.